The van der Waals surface area contributed by atoms with Gasteiger partial charge >= 0.3 is 7.12 Å². The minimum Gasteiger partial charge on any atom is -0.497 e. The van der Waals surface area contributed by atoms with E-state index in [-0.39, 0.29) is 17.8 Å². The molecule has 0 aromatic heterocycles. The maximum absolute atomic E-state index is 12.2. The van der Waals surface area contributed by atoms with Crippen molar-refractivity contribution in [3.8, 4) is 5.75 Å². The molecule has 0 bridgehead atoms. The Balaban J connectivity index is 2.03. The van der Waals surface area contributed by atoms with Crippen molar-refractivity contribution in [2.75, 3.05) is 12.4 Å². The average molecular weight is 349 g/mol. The Hall–Kier alpha value is -2.06. The number of hydrogen-bond donors (Lipinski definition) is 4. The molecule has 0 spiro atoms. The van der Waals surface area contributed by atoms with E-state index in [1.807, 2.05) is 0 Å². The molecule has 0 unspecified atom stereocenters. The fraction of sp³-hybridized carbons (Fsp3) is 0.188. The summed E-state index contributed by atoms with van der Waals surface area (Å²) in [5.74, 6) is 0.271. The predicted molar refractivity (Wildman–Crippen MR) is 94.6 cm³/mol. The quantitative estimate of drug-likeness (QED) is 0.570. The molecule has 0 aliphatic carbocycles. The van der Waals surface area contributed by atoms with Crippen LogP contribution in [-0.2, 0) is 11.2 Å². The van der Waals surface area contributed by atoms with E-state index in [0.29, 0.717) is 22.0 Å². The number of benzene rings is 2. The lowest BCUT2D eigenvalue weighted by atomic mass is 9.80. The van der Waals surface area contributed by atoms with Gasteiger partial charge in [-0.3, -0.25) is 4.79 Å². The van der Waals surface area contributed by atoms with Crippen molar-refractivity contribution < 1.29 is 19.6 Å². The highest BCUT2D eigenvalue weighted by Gasteiger charge is 2.18. The van der Waals surface area contributed by atoms with E-state index in [1.54, 1.807) is 37.4 Å². The fourth-order valence-corrected chi connectivity index (χ4v) is 2.42. The maximum atomic E-state index is 12.2. The van der Waals surface area contributed by atoms with Gasteiger partial charge < -0.3 is 25.8 Å². The Morgan fingerprint density at radius 3 is 2.71 bits per heavy atom. The molecule has 2 aromatic carbocycles. The zero-order valence-electron chi connectivity index (χ0n) is 13.1. The molecule has 8 heteroatoms. The summed E-state index contributed by atoms with van der Waals surface area (Å²) in [4.78, 5) is 12.2. The highest BCUT2D eigenvalue weighted by molar-refractivity contribution is 6.59. The van der Waals surface area contributed by atoms with Crippen LogP contribution in [0.4, 0.5) is 5.69 Å². The van der Waals surface area contributed by atoms with E-state index in [9.17, 15) is 4.79 Å². The number of ether oxygens (including phenoxy) is 1. The van der Waals surface area contributed by atoms with E-state index in [2.05, 4.69) is 5.32 Å². The van der Waals surface area contributed by atoms with E-state index in [1.165, 1.54) is 12.1 Å². The first-order chi connectivity index (χ1) is 11.4. The van der Waals surface area contributed by atoms with Gasteiger partial charge in [-0.1, -0.05) is 29.8 Å². The van der Waals surface area contributed by atoms with Gasteiger partial charge in [-0.2, -0.15) is 0 Å². The molecule has 0 saturated heterocycles. The van der Waals surface area contributed by atoms with Gasteiger partial charge in [0, 0.05) is 16.8 Å². The Bertz CT molecular complexity index is 727. The number of halogens is 1. The van der Waals surface area contributed by atoms with Gasteiger partial charge in [0.05, 0.1) is 13.2 Å². The molecule has 2 aromatic rings. The molecule has 126 valence electrons. The minimum absolute atomic E-state index is 0.219. The highest BCUT2D eigenvalue weighted by atomic mass is 35.5. The van der Waals surface area contributed by atoms with Gasteiger partial charge in [0.15, 0.2) is 0 Å². The number of nitrogens with one attached hydrogen (secondary N) is 1. The second-order valence-electron chi connectivity index (χ2n) is 5.26. The molecule has 0 heterocycles. The molecule has 5 N–H and O–H groups in total. The minimum atomic E-state index is -1.60. The molecule has 6 nitrogen and oxygen atoms in total. The van der Waals surface area contributed by atoms with E-state index < -0.39 is 13.2 Å². The van der Waals surface area contributed by atoms with Gasteiger partial charge in [0.25, 0.3) is 0 Å². The van der Waals surface area contributed by atoms with Crippen molar-refractivity contribution >= 4 is 35.8 Å². The number of amides is 1. The van der Waals surface area contributed by atoms with Crippen LogP contribution in [0.25, 0.3) is 0 Å². The summed E-state index contributed by atoms with van der Waals surface area (Å²) in [6.45, 7) is 0. The second kappa shape index (κ2) is 8.16. The van der Waals surface area contributed by atoms with Crippen molar-refractivity contribution in [1.82, 2.24) is 0 Å². The lowest BCUT2D eigenvalue weighted by molar-refractivity contribution is -0.117. The molecular formula is C16H18BClN2O4. The lowest BCUT2D eigenvalue weighted by Gasteiger charge is -2.14. The van der Waals surface area contributed by atoms with Crippen LogP contribution in [0.1, 0.15) is 5.56 Å². The summed E-state index contributed by atoms with van der Waals surface area (Å²) >= 11 is 6.10. The zero-order chi connectivity index (χ0) is 17.7. The zero-order valence-corrected chi connectivity index (χ0v) is 13.8. The van der Waals surface area contributed by atoms with Crippen LogP contribution in [0.15, 0.2) is 42.5 Å². The summed E-state index contributed by atoms with van der Waals surface area (Å²) < 4.78 is 5.10. The van der Waals surface area contributed by atoms with Crippen LogP contribution in [0.3, 0.4) is 0 Å². The number of anilines is 1. The van der Waals surface area contributed by atoms with Crippen LogP contribution in [0.2, 0.25) is 5.02 Å². The van der Waals surface area contributed by atoms with E-state index in [0.717, 1.165) is 0 Å². The molecule has 0 saturated carbocycles. The van der Waals surface area contributed by atoms with Crippen LogP contribution in [0, 0.1) is 0 Å². The molecule has 1 atom stereocenters. The molecule has 1 amide bonds. The van der Waals surface area contributed by atoms with E-state index in [4.69, 9.17) is 32.1 Å². The van der Waals surface area contributed by atoms with Crippen molar-refractivity contribution in [2.45, 2.75) is 12.5 Å². The van der Waals surface area contributed by atoms with Crippen molar-refractivity contribution in [3.05, 3.63) is 53.1 Å². The molecule has 0 fully saturated rings. The summed E-state index contributed by atoms with van der Waals surface area (Å²) in [5.41, 5.74) is 7.44. The number of hydrogen-bond acceptors (Lipinski definition) is 5. The second-order valence-corrected chi connectivity index (χ2v) is 5.66. The van der Waals surface area contributed by atoms with Gasteiger partial charge in [0.2, 0.25) is 5.91 Å². The first kappa shape index (κ1) is 18.3. The summed E-state index contributed by atoms with van der Waals surface area (Å²) in [6.07, 6.45) is 0.219. The van der Waals surface area contributed by atoms with Gasteiger partial charge in [-0.05, 0) is 35.6 Å². The molecule has 0 radical (unpaired) electrons. The Labute approximate surface area is 145 Å². The number of methoxy groups -OCH3 is 1. The Morgan fingerprint density at radius 1 is 1.33 bits per heavy atom. The Morgan fingerprint density at radius 2 is 2.08 bits per heavy atom. The van der Waals surface area contributed by atoms with Crippen molar-refractivity contribution in [1.29, 1.82) is 0 Å². The summed E-state index contributed by atoms with van der Waals surface area (Å²) in [7, 11) is -0.0525. The fourth-order valence-electron chi connectivity index (χ4n) is 2.16. The molecule has 2 rings (SSSR count). The van der Waals surface area contributed by atoms with Crippen molar-refractivity contribution in [3.63, 3.8) is 0 Å². The van der Waals surface area contributed by atoms with Crippen LogP contribution in [-0.4, -0.2) is 36.2 Å². The molecular weight excluding hydrogens is 330 g/mol. The van der Waals surface area contributed by atoms with Crippen LogP contribution in [0.5, 0.6) is 5.75 Å². The third kappa shape index (κ3) is 4.72. The monoisotopic (exact) mass is 348 g/mol. The lowest BCUT2D eigenvalue weighted by Crippen LogP contribution is -2.37. The third-order valence-electron chi connectivity index (χ3n) is 3.49. The molecule has 0 aliphatic heterocycles. The SMILES string of the molecule is COc1cccc(NC(=O)[C@@H](N)Cc2ccc(B(O)O)cc2Cl)c1. The number of carbonyl (C=O) groups is 1. The average Bonchev–Trinajstić information content (AvgIpc) is 2.56. The first-order valence-electron chi connectivity index (χ1n) is 7.25. The number of rotatable bonds is 6. The van der Waals surface area contributed by atoms with Gasteiger partial charge in [0.1, 0.15) is 5.75 Å². The number of carbonyl (C=O) groups excluding carboxylic acids is 1. The highest BCUT2D eigenvalue weighted by Crippen LogP contribution is 2.18. The van der Waals surface area contributed by atoms with Crippen LogP contribution >= 0.6 is 11.6 Å². The topological polar surface area (TPSA) is 105 Å². The van der Waals surface area contributed by atoms with Gasteiger partial charge in [-0.25, -0.2) is 0 Å². The first-order valence-corrected chi connectivity index (χ1v) is 7.63. The summed E-state index contributed by atoms with van der Waals surface area (Å²) in [6, 6.07) is 10.7. The largest absolute Gasteiger partial charge is 0.497 e. The Kier molecular flexibility index (Phi) is 6.22. The van der Waals surface area contributed by atoms with Crippen molar-refractivity contribution in [2.24, 2.45) is 5.73 Å². The number of nitrogens with two attached hydrogens (primary N) is 1. The third-order valence-corrected chi connectivity index (χ3v) is 3.84. The smallest absolute Gasteiger partial charge is 0.488 e. The van der Waals surface area contributed by atoms with E-state index >= 15 is 0 Å². The maximum Gasteiger partial charge on any atom is 0.488 e. The van der Waals surface area contributed by atoms with Crippen LogP contribution < -0.4 is 21.3 Å². The molecule has 24 heavy (non-hydrogen) atoms. The van der Waals surface area contributed by atoms with Gasteiger partial charge in [-0.15, -0.1) is 0 Å². The molecule has 0 aliphatic rings. The summed E-state index contributed by atoms with van der Waals surface area (Å²) in [5, 5.41) is 21.3. The predicted octanol–water partition coefficient (Wildman–Crippen LogP) is 0.537. The normalized spacial score (nSPS) is 11.7. The standard InChI is InChI=1S/C16H18BClN2O4/c1-24-13-4-2-3-12(9-13)20-16(21)15(19)7-10-5-6-11(17(22)23)8-14(10)18/h2-6,8-9,15,22-23H,7,19H2,1H3,(H,20,21)/t15-/m0/s1.